The number of hydrogen-bond acceptors (Lipinski definition) is 4. The summed E-state index contributed by atoms with van der Waals surface area (Å²) in [5, 5.41) is 3.62. The first kappa shape index (κ1) is 16.3. The van der Waals surface area contributed by atoms with Crippen molar-refractivity contribution in [3.8, 4) is 0 Å². The number of para-hydroxylation sites is 1. The predicted molar refractivity (Wildman–Crippen MR) is 99.0 cm³/mol. The molecule has 0 bridgehead atoms. The van der Waals surface area contributed by atoms with Crippen LogP contribution in [0.2, 0.25) is 0 Å². The summed E-state index contributed by atoms with van der Waals surface area (Å²) in [5.74, 6) is -0.420. The van der Waals surface area contributed by atoms with Crippen LogP contribution in [0.5, 0.6) is 0 Å². The number of nitrogens with one attached hydrogen (secondary N) is 1. The summed E-state index contributed by atoms with van der Waals surface area (Å²) in [6.07, 6.45) is 4.69. The van der Waals surface area contributed by atoms with Gasteiger partial charge in [-0.1, -0.05) is 18.2 Å². The van der Waals surface area contributed by atoms with Gasteiger partial charge in [-0.25, -0.2) is 4.98 Å². The summed E-state index contributed by atoms with van der Waals surface area (Å²) < 4.78 is 0. The van der Waals surface area contributed by atoms with Crippen molar-refractivity contribution in [3.05, 3.63) is 40.4 Å². The molecule has 2 heterocycles. The van der Waals surface area contributed by atoms with Gasteiger partial charge in [0, 0.05) is 23.5 Å². The summed E-state index contributed by atoms with van der Waals surface area (Å²) in [5.41, 5.74) is 3.08. The molecule has 4 rings (SSSR count). The maximum absolute atomic E-state index is 12.6. The summed E-state index contributed by atoms with van der Waals surface area (Å²) in [7, 11) is 0. The third kappa shape index (κ3) is 3.18. The minimum Gasteiger partial charge on any atom is -0.311 e. The van der Waals surface area contributed by atoms with E-state index in [9.17, 15) is 9.59 Å². The van der Waals surface area contributed by atoms with Crippen molar-refractivity contribution in [1.82, 2.24) is 4.98 Å². The van der Waals surface area contributed by atoms with Crippen LogP contribution in [-0.2, 0) is 22.4 Å². The van der Waals surface area contributed by atoms with E-state index in [-0.39, 0.29) is 24.2 Å². The molecule has 2 aromatic rings. The van der Waals surface area contributed by atoms with Crippen LogP contribution in [0.15, 0.2) is 24.3 Å². The maximum atomic E-state index is 12.6. The molecule has 130 valence electrons. The first-order valence-electron chi connectivity index (χ1n) is 8.77. The molecule has 1 aliphatic heterocycles. The standard InChI is InChI=1S/C19H21N3O2S/c1-12-6-2-4-8-15(12)22-11-13(10-17(22)23)18(24)21-19-20-14-7-3-5-9-16(14)25-19/h2,4,6,8,13H,3,5,7,9-11H2,1H3,(H,20,21,24). The monoisotopic (exact) mass is 355 g/mol. The zero-order valence-corrected chi connectivity index (χ0v) is 15.1. The van der Waals surface area contributed by atoms with Gasteiger partial charge in [0.25, 0.3) is 0 Å². The average Bonchev–Trinajstić information content (AvgIpc) is 3.18. The van der Waals surface area contributed by atoms with E-state index in [0.717, 1.165) is 29.8 Å². The number of nitrogens with zero attached hydrogens (tertiary/aromatic N) is 2. The van der Waals surface area contributed by atoms with Gasteiger partial charge in [0.15, 0.2) is 5.13 Å². The third-order valence-corrected chi connectivity index (χ3v) is 6.05. The summed E-state index contributed by atoms with van der Waals surface area (Å²) in [6, 6.07) is 7.79. The van der Waals surface area contributed by atoms with Crippen LogP contribution < -0.4 is 10.2 Å². The molecular formula is C19H21N3O2S. The molecule has 1 saturated heterocycles. The normalized spacial score (nSPS) is 19.8. The van der Waals surface area contributed by atoms with E-state index in [0.29, 0.717) is 11.7 Å². The average molecular weight is 355 g/mol. The highest BCUT2D eigenvalue weighted by Crippen LogP contribution is 2.31. The van der Waals surface area contributed by atoms with Crippen LogP contribution in [0.1, 0.15) is 35.4 Å². The molecule has 2 aliphatic rings. The van der Waals surface area contributed by atoms with Crippen LogP contribution in [-0.4, -0.2) is 23.3 Å². The molecule has 1 aromatic heterocycles. The number of fused-ring (bicyclic) bond motifs is 1. The Morgan fingerprint density at radius 3 is 2.88 bits per heavy atom. The highest BCUT2D eigenvalue weighted by Gasteiger charge is 2.36. The molecule has 0 saturated carbocycles. The number of aromatic nitrogens is 1. The van der Waals surface area contributed by atoms with Crippen molar-refractivity contribution >= 4 is 34.0 Å². The van der Waals surface area contributed by atoms with Gasteiger partial charge in [-0.3, -0.25) is 9.59 Å². The molecule has 6 heteroatoms. The summed E-state index contributed by atoms with van der Waals surface area (Å²) in [4.78, 5) is 32.6. The van der Waals surface area contributed by atoms with E-state index in [1.54, 1.807) is 16.2 Å². The molecule has 1 atom stereocenters. The number of amides is 2. The molecule has 25 heavy (non-hydrogen) atoms. The van der Waals surface area contributed by atoms with Crippen molar-refractivity contribution in [3.63, 3.8) is 0 Å². The van der Waals surface area contributed by atoms with Crippen molar-refractivity contribution < 1.29 is 9.59 Å². The molecule has 1 aliphatic carbocycles. The topological polar surface area (TPSA) is 62.3 Å². The van der Waals surface area contributed by atoms with E-state index in [1.807, 2.05) is 31.2 Å². The van der Waals surface area contributed by atoms with Crippen LogP contribution in [0, 0.1) is 12.8 Å². The van der Waals surface area contributed by atoms with Gasteiger partial charge in [0.2, 0.25) is 11.8 Å². The fraction of sp³-hybridized carbons (Fsp3) is 0.421. The van der Waals surface area contributed by atoms with Crippen LogP contribution in [0.4, 0.5) is 10.8 Å². The van der Waals surface area contributed by atoms with E-state index in [4.69, 9.17) is 0 Å². The highest BCUT2D eigenvalue weighted by atomic mass is 32.1. The number of anilines is 2. The lowest BCUT2D eigenvalue weighted by Crippen LogP contribution is -2.28. The molecule has 1 aromatic carbocycles. The minimum atomic E-state index is -0.326. The third-order valence-electron chi connectivity index (χ3n) is 4.98. The molecule has 1 fully saturated rings. The zero-order valence-electron chi connectivity index (χ0n) is 14.2. The second-order valence-electron chi connectivity index (χ2n) is 6.78. The van der Waals surface area contributed by atoms with Gasteiger partial charge in [-0.15, -0.1) is 11.3 Å². The Morgan fingerprint density at radius 2 is 2.08 bits per heavy atom. The SMILES string of the molecule is Cc1ccccc1N1CC(C(=O)Nc2nc3c(s2)CCCC3)CC1=O. The van der Waals surface area contributed by atoms with Gasteiger partial charge >= 0.3 is 0 Å². The number of carbonyl (C=O) groups is 2. The lowest BCUT2D eigenvalue weighted by atomic mass is 10.0. The minimum absolute atomic E-state index is 0.00730. The van der Waals surface area contributed by atoms with Gasteiger partial charge in [-0.05, 0) is 44.2 Å². The Morgan fingerprint density at radius 1 is 1.28 bits per heavy atom. The van der Waals surface area contributed by atoms with Gasteiger partial charge in [-0.2, -0.15) is 0 Å². The predicted octanol–water partition coefficient (Wildman–Crippen LogP) is 3.32. The van der Waals surface area contributed by atoms with Gasteiger partial charge in [0.05, 0.1) is 11.6 Å². The lowest BCUT2D eigenvalue weighted by Gasteiger charge is -2.18. The summed E-state index contributed by atoms with van der Waals surface area (Å²) >= 11 is 1.58. The first-order chi connectivity index (χ1) is 12.1. The second kappa shape index (κ2) is 6.59. The molecule has 0 radical (unpaired) electrons. The van der Waals surface area contributed by atoms with Crippen LogP contribution in [0.3, 0.4) is 0 Å². The van der Waals surface area contributed by atoms with E-state index < -0.39 is 0 Å². The second-order valence-corrected chi connectivity index (χ2v) is 7.86. The van der Waals surface area contributed by atoms with E-state index in [1.165, 1.54) is 17.7 Å². The Balaban J connectivity index is 1.46. The van der Waals surface area contributed by atoms with E-state index in [2.05, 4.69) is 10.3 Å². The smallest absolute Gasteiger partial charge is 0.231 e. The lowest BCUT2D eigenvalue weighted by molar-refractivity contribution is -0.122. The molecule has 1 N–H and O–H groups in total. The Hall–Kier alpha value is -2.21. The Bertz CT molecular complexity index is 806. The zero-order chi connectivity index (χ0) is 17.4. The molecular weight excluding hydrogens is 334 g/mol. The number of thiazole rings is 1. The largest absolute Gasteiger partial charge is 0.311 e. The summed E-state index contributed by atoms with van der Waals surface area (Å²) in [6.45, 7) is 2.41. The van der Waals surface area contributed by atoms with Crippen LogP contribution >= 0.6 is 11.3 Å². The van der Waals surface area contributed by atoms with E-state index >= 15 is 0 Å². The van der Waals surface area contributed by atoms with Gasteiger partial charge in [0.1, 0.15) is 0 Å². The van der Waals surface area contributed by atoms with Crippen molar-refractivity contribution in [2.45, 2.75) is 39.0 Å². The Labute approximate surface area is 151 Å². The highest BCUT2D eigenvalue weighted by molar-refractivity contribution is 7.15. The molecule has 5 nitrogen and oxygen atoms in total. The molecule has 0 spiro atoms. The fourth-order valence-corrected chi connectivity index (χ4v) is 4.65. The van der Waals surface area contributed by atoms with Crippen LogP contribution in [0.25, 0.3) is 0 Å². The maximum Gasteiger partial charge on any atom is 0.231 e. The molecule has 1 unspecified atom stereocenters. The Kier molecular flexibility index (Phi) is 4.29. The fourth-order valence-electron chi connectivity index (χ4n) is 3.60. The number of carbonyl (C=O) groups excluding carboxylic acids is 2. The number of aryl methyl sites for hydroxylation is 3. The van der Waals surface area contributed by atoms with Crippen molar-refractivity contribution in [1.29, 1.82) is 0 Å². The van der Waals surface area contributed by atoms with Crippen molar-refractivity contribution in [2.75, 3.05) is 16.8 Å². The molecule has 2 amide bonds. The number of hydrogen-bond donors (Lipinski definition) is 1. The first-order valence-corrected chi connectivity index (χ1v) is 9.59. The number of rotatable bonds is 3. The number of benzene rings is 1. The van der Waals surface area contributed by atoms with Gasteiger partial charge < -0.3 is 10.2 Å². The van der Waals surface area contributed by atoms with Crippen molar-refractivity contribution in [2.24, 2.45) is 5.92 Å². The quantitative estimate of drug-likeness (QED) is 0.919.